The number of likely N-dealkylation sites (N-methyl/N-ethyl adjacent to an activating group) is 1. The van der Waals surface area contributed by atoms with E-state index in [1.54, 1.807) is 7.05 Å². The van der Waals surface area contributed by atoms with Crippen molar-refractivity contribution in [2.75, 3.05) is 13.6 Å². The third kappa shape index (κ3) is 1.67. The molecule has 0 atom stereocenters. The van der Waals surface area contributed by atoms with Crippen LogP contribution in [0.5, 0.6) is 0 Å². The zero-order valence-corrected chi connectivity index (χ0v) is 6.26. The van der Waals surface area contributed by atoms with Crippen LogP contribution in [0.2, 0.25) is 0 Å². The van der Waals surface area contributed by atoms with E-state index in [2.05, 4.69) is 17.5 Å². The van der Waals surface area contributed by atoms with Crippen molar-refractivity contribution in [1.82, 2.24) is 5.32 Å². The summed E-state index contributed by atoms with van der Waals surface area (Å²) in [6, 6.07) is 0. The van der Waals surface area contributed by atoms with Crippen LogP contribution < -0.4 is 5.32 Å². The predicted octanol–water partition coefficient (Wildman–Crippen LogP) is 0.741. The van der Waals surface area contributed by atoms with Crippen molar-refractivity contribution in [3.8, 4) is 0 Å². The Balaban J connectivity index is 2.28. The first-order chi connectivity index (χ1) is 4.84. The molecule has 1 aliphatic carbocycles. The fourth-order valence-electron chi connectivity index (χ4n) is 1.20. The monoisotopic (exact) mass is 139 g/mol. The van der Waals surface area contributed by atoms with E-state index in [1.807, 2.05) is 0 Å². The highest BCUT2D eigenvalue weighted by Gasteiger charge is 2.17. The van der Waals surface area contributed by atoms with Crippen LogP contribution in [0.1, 0.15) is 12.8 Å². The molecule has 0 heterocycles. The molecule has 0 aromatic heterocycles. The second-order valence-corrected chi connectivity index (χ2v) is 2.64. The van der Waals surface area contributed by atoms with E-state index in [9.17, 15) is 4.79 Å². The smallest absolute Gasteiger partial charge is 0.150 e. The number of rotatable bonds is 3. The first-order valence-electron chi connectivity index (χ1n) is 3.67. The zero-order chi connectivity index (χ0) is 7.40. The third-order valence-corrected chi connectivity index (χ3v) is 1.81. The quantitative estimate of drug-likeness (QED) is 0.584. The number of allylic oxidation sites excluding steroid dienone is 2. The number of ketones is 1. The van der Waals surface area contributed by atoms with E-state index >= 15 is 0 Å². The van der Waals surface area contributed by atoms with Crippen LogP contribution in [0, 0.1) is 5.92 Å². The summed E-state index contributed by atoms with van der Waals surface area (Å²) in [4.78, 5) is 11.1. The molecule has 0 radical (unpaired) electrons. The molecule has 0 unspecified atom stereocenters. The lowest BCUT2D eigenvalue weighted by Crippen LogP contribution is -2.24. The number of carbonyl (C=O) groups is 1. The van der Waals surface area contributed by atoms with Crippen LogP contribution in [0.25, 0.3) is 0 Å². The molecule has 0 aromatic rings. The van der Waals surface area contributed by atoms with Crippen LogP contribution >= 0.6 is 0 Å². The number of hydrogen-bond acceptors (Lipinski definition) is 2. The average Bonchev–Trinajstić information content (AvgIpc) is 2.38. The fourth-order valence-corrected chi connectivity index (χ4v) is 1.20. The van der Waals surface area contributed by atoms with Crippen LogP contribution in [0.15, 0.2) is 12.2 Å². The van der Waals surface area contributed by atoms with E-state index in [0.29, 0.717) is 12.3 Å². The lowest BCUT2D eigenvalue weighted by molar-refractivity contribution is -0.121. The van der Waals surface area contributed by atoms with E-state index in [-0.39, 0.29) is 5.92 Å². The van der Waals surface area contributed by atoms with Gasteiger partial charge in [0.15, 0.2) is 0 Å². The van der Waals surface area contributed by atoms with Gasteiger partial charge in [0.2, 0.25) is 0 Å². The highest BCUT2D eigenvalue weighted by molar-refractivity contribution is 5.83. The molecule has 0 amide bonds. The Labute approximate surface area is 61.3 Å². The normalized spacial score (nSPS) is 18.1. The minimum absolute atomic E-state index is 0.271. The largest absolute Gasteiger partial charge is 0.313 e. The first kappa shape index (κ1) is 7.48. The van der Waals surface area contributed by atoms with Gasteiger partial charge in [0.05, 0.1) is 6.54 Å². The Morgan fingerprint density at radius 1 is 1.60 bits per heavy atom. The summed E-state index contributed by atoms with van der Waals surface area (Å²) in [5.41, 5.74) is 0. The molecular formula is C8H13NO. The van der Waals surface area contributed by atoms with Gasteiger partial charge >= 0.3 is 0 Å². The van der Waals surface area contributed by atoms with Crippen molar-refractivity contribution >= 4 is 5.78 Å². The lowest BCUT2D eigenvalue weighted by Gasteiger charge is -2.05. The summed E-state index contributed by atoms with van der Waals surface area (Å²) in [6.07, 6.45) is 6.05. The minimum atomic E-state index is 0.271. The van der Waals surface area contributed by atoms with Gasteiger partial charge in [-0.25, -0.2) is 0 Å². The van der Waals surface area contributed by atoms with Gasteiger partial charge in [0, 0.05) is 5.92 Å². The number of nitrogens with one attached hydrogen (secondary N) is 1. The molecule has 1 rings (SSSR count). The van der Waals surface area contributed by atoms with Crippen molar-refractivity contribution in [3.63, 3.8) is 0 Å². The van der Waals surface area contributed by atoms with Gasteiger partial charge in [-0.2, -0.15) is 0 Å². The van der Waals surface area contributed by atoms with E-state index in [0.717, 1.165) is 12.8 Å². The molecular weight excluding hydrogens is 126 g/mol. The molecule has 0 saturated carbocycles. The average molecular weight is 139 g/mol. The molecule has 0 aromatic carbocycles. The first-order valence-corrected chi connectivity index (χ1v) is 3.67. The molecule has 0 aliphatic heterocycles. The molecule has 1 N–H and O–H groups in total. The van der Waals surface area contributed by atoms with Gasteiger partial charge in [-0.1, -0.05) is 12.2 Å². The van der Waals surface area contributed by atoms with Crippen molar-refractivity contribution in [2.45, 2.75) is 12.8 Å². The Bertz CT molecular complexity index is 143. The Morgan fingerprint density at radius 2 is 2.20 bits per heavy atom. The number of carbonyl (C=O) groups excluding carboxylic acids is 1. The molecule has 0 spiro atoms. The molecule has 10 heavy (non-hydrogen) atoms. The van der Waals surface area contributed by atoms with E-state index in [4.69, 9.17) is 0 Å². The lowest BCUT2D eigenvalue weighted by atomic mass is 10.0. The van der Waals surface area contributed by atoms with Gasteiger partial charge in [-0.3, -0.25) is 4.79 Å². The molecule has 0 bridgehead atoms. The van der Waals surface area contributed by atoms with Crippen molar-refractivity contribution < 1.29 is 4.79 Å². The highest BCUT2D eigenvalue weighted by Crippen LogP contribution is 2.17. The van der Waals surface area contributed by atoms with Gasteiger partial charge in [0.25, 0.3) is 0 Å². The fraction of sp³-hybridized carbons (Fsp3) is 0.625. The summed E-state index contributed by atoms with van der Waals surface area (Å²) >= 11 is 0. The van der Waals surface area contributed by atoms with E-state index < -0.39 is 0 Å². The van der Waals surface area contributed by atoms with Crippen LogP contribution in [0.3, 0.4) is 0 Å². The standard InChI is InChI=1S/C8H13NO/c1-9-6-8(10)7-4-2-3-5-7/h2-3,7,9H,4-6H2,1H3. The van der Waals surface area contributed by atoms with Crippen molar-refractivity contribution in [3.05, 3.63) is 12.2 Å². The summed E-state index contributed by atoms with van der Waals surface area (Å²) < 4.78 is 0. The highest BCUT2D eigenvalue weighted by atomic mass is 16.1. The summed E-state index contributed by atoms with van der Waals surface area (Å²) in [5.74, 6) is 0.611. The van der Waals surface area contributed by atoms with Gasteiger partial charge in [-0.15, -0.1) is 0 Å². The maximum atomic E-state index is 11.1. The SMILES string of the molecule is CNCC(=O)C1CC=CC1. The van der Waals surface area contributed by atoms with Crippen LogP contribution in [0.4, 0.5) is 0 Å². The summed E-state index contributed by atoms with van der Waals surface area (Å²) in [7, 11) is 1.81. The van der Waals surface area contributed by atoms with Crippen LogP contribution in [-0.4, -0.2) is 19.4 Å². The topological polar surface area (TPSA) is 29.1 Å². The minimum Gasteiger partial charge on any atom is -0.313 e. The third-order valence-electron chi connectivity index (χ3n) is 1.81. The second kappa shape index (κ2) is 3.52. The molecule has 0 fully saturated rings. The van der Waals surface area contributed by atoms with Gasteiger partial charge in [0.1, 0.15) is 5.78 Å². The Kier molecular flexibility index (Phi) is 2.63. The molecule has 56 valence electrons. The molecule has 2 nitrogen and oxygen atoms in total. The number of Topliss-reactive ketones (excluding diaryl/α,β-unsaturated/α-hetero) is 1. The Hall–Kier alpha value is -0.630. The predicted molar refractivity (Wildman–Crippen MR) is 40.8 cm³/mol. The molecule has 2 heteroatoms. The Morgan fingerprint density at radius 3 is 2.70 bits per heavy atom. The van der Waals surface area contributed by atoms with Gasteiger partial charge < -0.3 is 5.32 Å². The molecule has 0 saturated heterocycles. The maximum absolute atomic E-state index is 11.1. The number of hydrogen-bond donors (Lipinski definition) is 1. The summed E-state index contributed by atoms with van der Waals surface area (Å²) in [5, 5.41) is 2.87. The summed E-state index contributed by atoms with van der Waals surface area (Å²) in [6.45, 7) is 0.520. The van der Waals surface area contributed by atoms with E-state index in [1.165, 1.54) is 0 Å². The second-order valence-electron chi connectivity index (χ2n) is 2.64. The van der Waals surface area contributed by atoms with Crippen molar-refractivity contribution in [1.29, 1.82) is 0 Å². The maximum Gasteiger partial charge on any atom is 0.150 e. The zero-order valence-electron chi connectivity index (χ0n) is 6.26. The molecule has 1 aliphatic rings. The van der Waals surface area contributed by atoms with Crippen molar-refractivity contribution in [2.24, 2.45) is 5.92 Å². The van der Waals surface area contributed by atoms with Crippen LogP contribution in [-0.2, 0) is 4.79 Å². The van der Waals surface area contributed by atoms with Gasteiger partial charge in [-0.05, 0) is 19.9 Å².